The van der Waals surface area contributed by atoms with Crippen LogP contribution < -0.4 is 10.6 Å². The van der Waals surface area contributed by atoms with Crippen molar-refractivity contribution in [2.75, 3.05) is 38.2 Å². The number of rotatable bonds is 8. The van der Waals surface area contributed by atoms with Crippen molar-refractivity contribution in [2.45, 2.75) is 19.8 Å². The van der Waals surface area contributed by atoms with E-state index in [1.165, 1.54) is 4.90 Å². The molecule has 2 aliphatic carbocycles. The molecule has 0 spiro atoms. The van der Waals surface area contributed by atoms with Crippen LogP contribution in [0.1, 0.15) is 19.8 Å². The molecule has 0 radical (unpaired) electrons. The number of allylic oxidation sites excluding steroid dienone is 2. The van der Waals surface area contributed by atoms with E-state index in [4.69, 9.17) is 0 Å². The normalized spacial score (nSPS) is 30.3. The lowest BCUT2D eigenvalue weighted by molar-refractivity contribution is -0.140. The Kier molecular flexibility index (Phi) is 6.04. The molecule has 25 heavy (non-hydrogen) atoms. The van der Waals surface area contributed by atoms with Crippen LogP contribution in [-0.4, -0.2) is 60.9 Å². The van der Waals surface area contributed by atoms with Gasteiger partial charge in [-0.2, -0.15) is 11.8 Å². The Hall–Kier alpha value is -1.50. The van der Waals surface area contributed by atoms with Gasteiger partial charge in [-0.3, -0.25) is 19.5 Å². The number of carbonyl (C=O) groups excluding carboxylic acids is 2. The Morgan fingerprint density at radius 3 is 2.52 bits per heavy atom. The van der Waals surface area contributed by atoms with E-state index in [0.29, 0.717) is 13.1 Å². The van der Waals surface area contributed by atoms with Crippen molar-refractivity contribution in [1.29, 1.82) is 0 Å². The monoisotopic (exact) mass is 364 g/mol. The molecule has 0 aromatic carbocycles. The number of likely N-dealkylation sites (tertiary alicyclic amines) is 1. The van der Waals surface area contributed by atoms with Gasteiger partial charge in [0.05, 0.1) is 11.8 Å². The summed E-state index contributed by atoms with van der Waals surface area (Å²) in [5, 5.41) is 6.44. The summed E-state index contributed by atoms with van der Waals surface area (Å²) in [5.41, 5.74) is 0. The molecule has 2 N–H and O–H groups in total. The van der Waals surface area contributed by atoms with Gasteiger partial charge in [0.1, 0.15) is 0 Å². The average molecular weight is 365 g/mol. The van der Waals surface area contributed by atoms with Crippen LogP contribution in [0.2, 0.25) is 0 Å². The van der Waals surface area contributed by atoms with Gasteiger partial charge in [-0.05, 0) is 43.6 Å². The average Bonchev–Trinajstić information content (AvgIpc) is 3.28. The fourth-order valence-corrected chi connectivity index (χ4v) is 4.63. The highest BCUT2D eigenvalue weighted by Gasteiger charge is 2.58. The third-order valence-electron chi connectivity index (χ3n) is 5.31. The number of fused-ring (bicyclic) bond motifs is 5. The number of aliphatic imine (C=N–C) groups is 1. The zero-order chi connectivity index (χ0) is 17.8. The fourth-order valence-electron chi connectivity index (χ4n) is 4.21. The van der Waals surface area contributed by atoms with E-state index in [1.54, 1.807) is 0 Å². The van der Waals surface area contributed by atoms with Crippen molar-refractivity contribution < 1.29 is 9.59 Å². The molecule has 4 unspecified atom stereocenters. The van der Waals surface area contributed by atoms with Crippen molar-refractivity contribution in [3.8, 4) is 0 Å². The van der Waals surface area contributed by atoms with Crippen molar-refractivity contribution in [2.24, 2.45) is 28.7 Å². The van der Waals surface area contributed by atoms with Gasteiger partial charge in [0.15, 0.2) is 5.96 Å². The molecule has 3 rings (SSSR count). The van der Waals surface area contributed by atoms with Crippen molar-refractivity contribution in [3.05, 3.63) is 12.2 Å². The molecule has 7 heteroatoms. The summed E-state index contributed by atoms with van der Waals surface area (Å²) in [6, 6.07) is 0. The Balaban J connectivity index is 1.50. The Labute approximate surface area is 153 Å². The highest BCUT2D eigenvalue weighted by Crippen LogP contribution is 2.52. The predicted octanol–water partition coefficient (Wildman–Crippen LogP) is 1.10. The zero-order valence-electron chi connectivity index (χ0n) is 15.0. The molecule has 2 bridgehead atoms. The number of nitrogens with zero attached hydrogens (tertiary/aromatic N) is 2. The summed E-state index contributed by atoms with van der Waals surface area (Å²) < 4.78 is 0. The summed E-state index contributed by atoms with van der Waals surface area (Å²) >= 11 is 1.82. The molecular weight excluding hydrogens is 336 g/mol. The van der Waals surface area contributed by atoms with Gasteiger partial charge in [0.2, 0.25) is 11.8 Å². The Bertz CT molecular complexity index is 547. The highest BCUT2D eigenvalue weighted by atomic mass is 32.2. The van der Waals surface area contributed by atoms with Gasteiger partial charge in [0, 0.05) is 26.2 Å². The Morgan fingerprint density at radius 1 is 1.24 bits per heavy atom. The van der Waals surface area contributed by atoms with Gasteiger partial charge in [-0.1, -0.05) is 12.2 Å². The van der Waals surface area contributed by atoms with Crippen molar-refractivity contribution >= 4 is 29.5 Å². The van der Waals surface area contributed by atoms with Crippen LogP contribution in [-0.2, 0) is 9.59 Å². The standard InChI is InChI=1S/C18H28N4O2S/c1-3-19-18(20-7-4-10-25-2)21-8-9-22-16(23)14-12-5-6-13(11-12)15(14)17(22)24/h5-6,12-15H,3-4,7-11H2,1-2H3,(H2,19,20,21). The van der Waals surface area contributed by atoms with Crippen molar-refractivity contribution in [3.63, 3.8) is 0 Å². The first kappa shape index (κ1) is 18.3. The highest BCUT2D eigenvalue weighted by molar-refractivity contribution is 7.98. The molecule has 138 valence electrons. The van der Waals surface area contributed by atoms with E-state index in [2.05, 4.69) is 34.0 Å². The van der Waals surface area contributed by atoms with E-state index in [1.807, 2.05) is 18.7 Å². The first-order valence-electron chi connectivity index (χ1n) is 9.22. The maximum absolute atomic E-state index is 12.6. The maximum atomic E-state index is 12.6. The second-order valence-corrected chi connectivity index (χ2v) is 7.85. The molecule has 1 saturated carbocycles. The number of thioether (sulfide) groups is 1. The van der Waals surface area contributed by atoms with Crippen LogP contribution in [0.15, 0.2) is 17.1 Å². The summed E-state index contributed by atoms with van der Waals surface area (Å²) in [6.07, 6.45) is 8.37. The van der Waals surface area contributed by atoms with Crippen LogP contribution in [0.4, 0.5) is 0 Å². The lowest BCUT2D eigenvalue weighted by Gasteiger charge is -2.18. The molecule has 6 nitrogen and oxygen atoms in total. The third kappa shape index (κ3) is 3.71. The molecule has 4 atom stereocenters. The molecule has 2 amide bonds. The smallest absolute Gasteiger partial charge is 0.233 e. The van der Waals surface area contributed by atoms with Gasteiger partial charge in [-0.15, -0.1) is 0 Å². The SMILES string of the molecule is CCNC(=NCCCSC)NCCN1C(=O)C2C3C=CC(C3)C2C1=O. The number of hydrogen-bond acceptors (Lipinski definition) is 4. The number of nitrogens with one attached hydrogen (secondary N) is 2. The molecule has 1 saturated heterocycles. The minimum Gasteiger partial charge on any atom is -0.357 e. The third-order valence-corrected chi connectivity index (χ3v) is 6.01. The number of imide groups is 1. The van der Waals surface area contributed by atoms with E-state index >= 15 is 0 Å². The summed E-state index contributed by atoms with van der Waals surface area (Å²) in [4.78, 5) is 31.2. The van der Waals surface area contributed by atoms with E-state index in [0.717, 1.165) is 37.6 Å². The largest absolute Gasteiger partial charge is 0.357 e. The number of guanidine groups is 1. The molecule has 0 aromatic heterocycles. The maximum Gasteiger partial charge on any atom is 0.233 e. The van der Waals surface area contributed by atoms with Crippen LogP contribution in [0.5, 0.6) is 0 Å². The van der Waals surface area contributed by atoms with E-state index < -0.39 is 0 Å². The summed E-state index contributed by atoms with van der Waals surface area (Å²) in [5.74, 6) is 2.25. The van der Waals surface area contributed by atoms with Gasteiger partial charge >= 0.3 is 0 Å². The molecule has 1 heterocycles. The lowest BCUT2D eigenvalue weighted by atomic mass is 9.85. The molecule has 3 aliphatic rings. The molecule has 1 aliphatic heterocycles. The summed E-state index contributed by atoms with van der Waals surface area (Å²) in [7, 11) is 0. The second kappa shape index (κ2) is 8.25. The number of amides is 2. The molecule has 2 fully saturated rings. The minimum atomic E-state index is -0.101. The molecular formula is C18H28N4O2S. The first-order valence-corrected chi connectivity index (χ1v) is 10.6. The zero-order valence-corrected chi connectivity index (χ0v) is 15.8. The minimum absolute atomic E-state index is 0.0237. The van der Waals surface area contributed by atoms with Gasteiger partial charge < -0.3 is 10.6 Å². The number of hydrogen-bond donors (Lipinski definition) is 2. The Morgan fingerprint density at radius 2 is 1.92 bits per heavy atom. The topological polar surface area (TPSA) is 73.8 Å². The fraction of sp³-hybridized carbons (Fsp3) is 0.722. The van der Waals surface area contributed by atoms with Gasteiger partial charge in [0.25, 0.3) is 0 Å². The quantitative estimate of drug-likeness (QED) is 0.222. The van der Waals surface area contributed by atoms with Crippen LogP contribution in [0.25, 0.3) is 0 Å². The van der Waals surface area contributed by atoms with Crippen LogP contribution in [0.3, 0.4) is 0 Å². The summed E-state index contributed by atoms with van der Waals surface area (Å²) in [6.45, 7) is 4.54. The van der Waals surface area contributed by atoms with Crippen molar-refractivity contribution in [1.82, 2.24) is 15.5 Å². The van der Waals surface area contributed by atoms with E-state index in [-0.39, 0.29) is 35.5 Å². The number of carbonyl (C=O) groups is 2. The lowest BCUT2D eigenvalue weighted by Crippen LogP contribution is -2.43. The molecule has 0 aromatic rings. The predicted molar refractivity (Wildman–Crippen MR) is 101 cm³/mol. The second-order valence-electron chi connectivity index (χ2n) is 6.86. The van der Waals surface area contributed by atoms with E-state index in [9.17, 15) is 9.59 Å². The van der Waals surface area contributed by atoms with Crippen LogP contribution >= 0.6 is 11.8 Å². The first-order chi connectivity index (χ1) is 12.2. The van der Waals surface area contributed by atoms with Crippen LogP contribution in [0, 0.1) is 23.7 Å². The van der Waals surface area contributed by atoms with Gasteiger partial charge in [-0.25, -0.2) is 0 Å².